The number of aryl methyl sites for hydroxylation is 1. The first-order chi connectivity index (χ1) is 14.7. The Balaban J connectivity index is 0.000000287. The second kappa shape index (κ2) is 9.12. The molecule has 1 unspecified atom stereocenters. The highest BCUT2D eigenvalue weighted by molar-refractivity contribution is 7.27. The summed E-state index contributed by atoms with van der Waals surface area (Å²) in [4.78, 5) is 27.9. The molecule has 156 valence electrons. The summed E-state index contributed by atoms with van der Waals surface area (Å²) in [6.07, 6.45) is 0. The Morgan fingerprint density at radius 3 is 2.29 bits per heavy atom. The molecule has 0 radical (unpaired) electrons. The van der Waals surface area contributed by atoms with Crippen LogP contribution < -0.4 is 16.1 Å². The van der Waals surface area contributed by atoms with Gasteiger partial charge in [0.25, 0.3) is 5.91 Å². The van der Waals surface area contributed by atoms with Gasteiger partial charge in [0.2, 0.25) is 0 Å². The van der Waals surface area contributed by atoms with E-state index in [1.807, 2.05) is 24.3 Å². The maximum Gasteiger partial charge on any atom is 0.252 e. The van der Waals surface area contributed by atoms with Gasteiger partial charge in [0, 0.05) is 21.9 Å². The number of aromatic amines is 1. The molecule has 0 saturated carbocycles. The van der Waals surface area contributed by atoms with E-state index in [0.717, 1.165) is 5.52 Å². The topological polar surface area (TPSA) is 85.8 Å². The summed E-state index contributed by atoms with van der Waals surface area (Å²) in [5, 5.41) is 14.0. The summed E-state index contributed by atoms with van der Waals surface area (Å²) in [5.74, 6) is -0.354. The number of fused-ring (bicyclic) bond motifs is 2. The van der Waals surface area contributed by atoms with Gasteiger partial charge in [0.1, 0.15) is 5.54 Å². The second-order valence-corrected chi connectivity index (χ2v) is 8.53. The molecule has 31 heavy (non-hydrogen) atoms. The van der Waals surface area contributed by atoms with Gasteiger partial charge in [-0.3, -0.25) is 9.59 Å². The minimum Gasteiger partial charge on any atom is -0.354 e. The zero-order valence-corrected chi connectivity index (χ0v) is 18.8. The predicted molar refractivity (Wildman–Crippen MR) is 130 cm³/mol. The van der Waals surface area contributed by atoms with Crippen molar-refractivity contribution in [1.29, 1.82) is 5.26 Å². The fraction of sp³-hybridized carbons (Fsp3) is 0.160. The fourth-order valence-electron chi connectivity index (χ4n) is 3.02. The van der Waals surface area contributed by atoms with Crippen molar-refractivity contribution in [1.82, 2.24) is 10.3 Å². The molecule has 0 spiro atoms. The van der Waals surface area contributed by atoms with E-state index in [2.05, 4.69) is 50.7 Å². The van der Waals surface area contributed by atoms with Gasteiger partial charge in [-0.05, 0) is 56.4 Å². The monoisotopic (exact) mass is 429 g/mol. The minimum atomic E-state index is -0.956. The molecule has 2 N–H and O–H groups in total. The summed E-state index contributed by atoms with van der Waals surface area (Å²) in [6.45, 7) is 5.34. The predicted octanol–water partition coefficient (Wildman–Crippen LogP) is 4.21. The number of carbonyl (C=O) groups is 1. The van der Waals surface area contributed by atoms with E-state index in [1.165, 1.54) is 10.9 Å². The number of hydrogen-bond acceptors (Lipinski definition) is 3. The van der Waals surface area contributed by atoms with E-state index in [1.54, 1.807) is 38.1 Å². The molecule has 1 atom stereocenters. The molecular formula is C25H24N3O2P. The largest absolute Gasteiger partial charge is 0.354 e. The third-order valence-corrected chi connectivity index (χ3v) is 5.14. The van der Waals surface area contributed by atoms with E-state index in [0.29, 0.717) is 21.9 Å². The minimum absolute atomic E-state index is 0.0707. The van der Waals surface area contributed by atoms with Crippen LogP contribution in [-0.2, 0) is 0 Å². The lowest BCUT2D eigenvalue weighted by Gasteiger charge is -2.17. The number of nitriles is 1. The first-order valence-corrected chi connectivity index (χ1v) is 10.4. The number of rotatable bonds is 2. The van der Waals surface area contributed by atoms with E-state index in [4.69, 9.17) is 5.26 Å². The van der Waals surface area contributed by atoms with E-state index in [9.17, 15) is 9.59 Å². The number of hydrogen-bond donors (Lipinski definition) is 2. The number of benzene rings is 3. The first kappa shape index (κ1) is 22.2. The molecule has 5 nitrogen and oxygen atoms in total. The molecule has 1 heterocycles. The number of amides is 1. The van der Waals surface area contributed by atoms with Gasteiger partial charge < -0.3 is 10.3 Å². The van der Waals surface area contributed by atoms with Gasteiger partial charge in [0.05, 0.1) is 11.6 Å². The summed E-state index contributed by atoms with van der Waals surface area (Å²) in [6, 6.07) is 22.5. The van der Waals surface area contributed by atoms with Crippen LogP contribution in [0.4, 0.5) is 0 Å². The zero-order chi connectivity index (χ0) is 22.6. The van der Waals surface area contributed by atoms with Crippen molar-refractivity contribution in [2.24, 2.45) is 0 Å². The molecule has 0 fully saturated rings. The molecule has 4 aromatic rings. The number of carbonyl (C=O) groups excluding carboxylic acids is 1. The SMILES string of the molecule is CC(C)(C#N)NC(=O)c1ccc2c(=O)c3ccccc3[nH]c2c1.Cc1ccc(P)cc1. The average molecular weight is 429 g/mol. The Morgan fingerprint density at radius 2 is 1.65 bits per heavy atom. The van der Waals surface area contributed by atoms with Gasteiger partial charge in [-0.2, -0.15) is 5.26 Å². The third kappa shape index (κ3) is 5.36. The van der Waals surface area contributed by atoms with Crippen LogP contribution in [-0.4, -0.2) is 16.4 Å². The molecule has 1 aromatic heterocycles. The van der Waals surface area contributed by atoms with Crippen molar-refractivity contribution >= 4 is 42.3 Å². The molecule has 1 amide bonds. The number of nitrogens with zero attached hydrogens (tertiary/aromatic N) is 1. The number of pyridine rings is 1. The highest BCUT2D eigenvalue weighted by atomic mass is 31.0. The second-order valence-electron chi connectivity index (χ2n) is 7.86. The molecule has 0 bridgehead atoms. The quantitative estimate of drug-likeness (QED) is 0.370. The Morgan fingerprint density at radius 1 is 1.00 bits per heavy atom. The van der Waals surface area contributed by atoms with Crippen molar-refractivity contribution < 1.29 is 4.79 Å². The number of H-pyrrole nitrogens is 1. The van der Waals surface area contributed by atoms with Gasteiger partial charge in [0.15, 0.2) is 5.43 Å². The lowest BCUT2D eigenvalue weighted by molar-refractivity contribution is 0.0929. The highest BCUT2D eigenvalue weighted by Gasteiger charge is 2.20. The third-order valence-electron chi connectivity index (χ3n) is 4.75. The first-order valence-electron chi connectivity index (χ1n) is 9.81. The lowest BCUT2D eigenvalue weighted by Crippen LogP contribution is -2.42. The summed E-state index contributed by atoms with van der Waals surface area (Å²) >= 11 is 0. The van der Waals surface area contributed by atoms with Crippen molar-refractivity contribution in [2.75, 3.05) is 0 Å². The Labute approximate surface area is 183 Å². The van der Waals surface area contributed by atoms with Crippen molar-refractivity contribution in [3.8, 4) is 6.07 Å². The van der Waals surface area contributed by atoms with E-state index >= 15 is 0 Å². The molecule has 4 rings (SSSR count). The fourth-order valence-corrected chi connectivity index (χ4v) is 3.21. The van der Waals surface area contributed by atoms with E-state index in [-0.39, 0.29) is 11.3 Å². The van der Waals surface area contributed by atoms with Crippen LogP contribution in [0.1, 0.15) is 29.8 Å². The normalized spacial score (nSPS) is 10.8. The molecule has 0 aliphatic heterocycles. The van der Waals surface area contributed by atoms with Crippen LogP contribution in [0.5, 0.6) is 0 Å². The van der Waals surface area contributed by atoms with Crippen LogP contribution in [0.3, 0.4) is 0 Å². The molecular weight excluding hydrogens is 405 g/mol. The number of aromatic nitrogens is 1. The van der Waals surface area contributed by atoms with Gasteiger partial charge >= 0.3 is 0 Å². The Hall–Kier alpha value is -3.48. The number of para-hydroxylation sites is 1. The summed E-state index contributed by atoms with van der Waals surface area (Å²) in [5.41, 5.74) is 2.00. The van der Waals surface area contributed by atoms with Crippen molar-refractivity contribution in [3.63, 3.8) is 0 Å². The molecule has 0 aliphatic rings. The van der Waals surface area contributed by atoms with Gasteiger partial charge in [-0.25, -0.2) is 0 Å². The Kier molecular flexibility index (Phi) is 6.53. The van der Waals surface area contributed by atoms with Crippen molar-refractivity contribution in [2.45, 2.75) is 26.3 Å². The maximum atomic E-state index is 12.5. The summed E-state index contributed by atoms with van der Waals surface area (Å²) < 4.78 is 0. The number of nitrogens with one attached hydrogen (secondary N) is 2. The maximum absolute atomic E-state index is 12.5. The molecule has 0 saturated heterocycles. The Bertz CT molecular complexity index is 1330. The van der Waals surface area contributed by atoms with Crippen LogP contribution in [0.2, 0.25) is 0 Å². The lowest BCUT2D eigenvalue weighted by atomic mass is 10.0. The smallest absolute Gasteiger partial charge is 0.252 e. The van der Waals surface area contributed by atoms with Crippen LogP contribution in [0, 0.1) is 18.3 Å². The van der Waals surface area contributed by atoms with Gasteiger partial charge in [-0.1, -0.05) is 42.0 Å². The summed E-state index contributed by atoms with van der Waals surface area (Å²) in [7, 11) is 2.65. The van der Waals surface area contributed by atoms with E-state index < -0.39 is 5.54 Å². The standard InChI is InChI=1S/C18H15N3O2.C7H9P/c1-18(2,10-19)21-17(23)11-7-8-13-15(9-11)20-14-6-4-3-5-12(14)16(13)22;1-6-2-4-7(8)5-3-6/h3-9H,1-2H3,(H,20,22)(H,21,23);2-5H,8H2,1H3. The zero-order valence-electron chi connectivity index (χ0n) is 17.7. The van der Waals surface area contributed by atoms with Crippen LogP contribution >= 0.6 is 9.24 Å². The highest BCUT2D eigenvalue weighted by Crippen LogP contribution is 2.16. The van der Waals surface area contributed by atoms with Crippen LogP contribution in [0.25, 0.3) is 21.8 Å². The molecule has 0 aliphatic carbocycles. The van der Waals surface area contributed by atoms with Crippen LogP contribution in [0.15, 0.2) is 71.5 Å². The molecule has 3 aromatic carbocycles. The average Bonchev–Trinajstić information content (AvgIpc) is 2.76. The van der Waals surface area contributed by atoms with Crippen molar-refractivity contribution in [3.05, 3.63) is 88.1 Å². The molecule has 6 heteroatoms. The van der Waals surface area contributed by atoms with Gasteiger partial charge in [-0.15, -0.1) is 9.24 Å².